The van der Waals surface area contributed by atoms with Gasteiger partial charge in [0.25, 0.3) is 0 Å². The molecule has 3 heteroatoms. The molecule has 0 bridgehead atoms. The van der Waals surface area contributed by atoms with Crippen LogP contribution in [0.2, 0.25) is 0 Å². The van der Waals surface area contributed by atoms with Crippen LogP contribution in [0, 0.1) is 0 Å². The van der Waals surface area contributed by atoms with E-state index in [9.17, 15) is 0 Å². The second-order valence-corrected chi connectivity index (χ2v) is 25.5. The molecule has 0 aliphatic heterocycles. The van der Waals surface area contributed by atoms with E-state index in [1.807, 2.05) is 0 Å². The maximum atomic E-state index is 15.2. The molecule has 0 N–H and O–H groups in total. The molecule has 0 radical (unpaired) electrons. The van der Waals surface area contributed by atoms with Crippen molar-refractivity contribution >= 4 is 19.1 Å². The Balaban J connectivity index is 3.02. The van der Waals surface area contributed by atoms with E-state index in [0.29, 0.717) is 0 Å². The third-order valence-electron chi connectivity index (χ3n) is 9.99. The molecule has 1 aromatic rings. The molecule has 0 aliphatic rings. The number of hydrogen-bond donors (Lipinski definition) is 0. The van der Waals surface area contributed by atoms with Gasteiger partial charge in [0, 0.05) is 0 Å². The molecule has 242 valence electrons. The molecule has 41 heavy (non-hydrogen) atoms. The van der Waals surface area contributed by atoms with Gasteiger partial charge in [-0.15, -0.1) is 0 Å². The summed E-state index contributed by atoms with van der Waals surface area (Å²) in [4.78, 5) is 0. The van der Waals surface area contributed by atoms with Crippen LogP contribution in [-0.4, -0.2) is 24.6 Å². The predicted octanol–water partition coefficient (Wildman–Crippen LogP) is 13.8. The third-order valence-corrected chi connectivity index (χ3v) is 24.8. The zero-order chi connectivity index (χ0) is 29.9. The summed E-state index contributed by atoms with van der Waals surface area (Å²) in [6.45, 7) is 9.29. The van der Waals surface area contributed by atoms with Crippen LogP contribution >= 0.6 is 13.8 Å². The average Bonchev–Trinajstić information content (AvgIpc) is 3.00. The van der Waals surface area contributed by atoms with E-state index < -0.39 is 13.8 Å². The van der Waals surface area contributed by atoms with Crippen LogP contribution in [0.3, 0.4) is 0 Å². The van der Waals surface area contributed by atoms with Crippen molar-refractivity contribution in [3.05, 3.63) is 30.3 Å². The van der Waals surface area contributed by atoms with Gasteiger partial charge in [0.2, 0.25) is 0 Å². The summed E-state index contributed by atoms with van der Waals surface area (Å²) in [6.07, 6.45) is 35.5. The Bertz CT molecular complexity index is 697. The molecule has 1 atom stereocenters. The van der Waals surface area contributed by atoms with Gasteiger partial charge in [0.1, 0.15) is 0 Å². The Hall–Kier alpha value is -0.120. The zero-order valence-corrected chi connectivity index (χ0v) is 30.4. The van der Waals surface area contributed by atoms with Crippen LogP contribution in [0.1, 0.15) is 182 Å². The summed E-state index contributed by atoms with van der Waals surface area (Å²) < 4.78 is 15.2. The minimum absolute atomic E-state index is 1.22. The molecule has 0 saturated carbocycles. The Morgan fingerprint density at radius 1 is 0.415 bits per heavy atom. The van der Waals surface area contributed by atoms with Crippen LogP contribution in [-0.2, 0) is 4.57 Å². The van der Waals surface area contributed by atoms with Gasteiger partial charge in [-0.2, -0.15) is 0 Å². The summed E-state index contributed by atoms with van der Waals surface area (Å²) in [6, 6.07) is 10.9. The van der Waals surface area contributed by atoms with Crippen molar-refractivity contribution in [1.29, 1.82) is 0 Å². The predicted molar refractivity (Wildman–Crippen MR) is 195 cm³/mol. The topological polar surface area (TPSA) is 17.1 Å². The average molecular weight is 609 g/mol. The van der Waals surface area contributed by atoms with Crippen molar-refractivity contribution < 1.29 is 4.57 Å². The van der Waals surface area contributed by atoms with E-state index >= 15 is 4.57 Å². The fourth-order valence-electron chi connectivity index (χ4n) is 7.25. The second-order valence-electron chi connectivity index (χ2n) is 13.6. The molecular weight excluding hydrogens is 534 g/mol. The molecular formula is C38H74OP2. The monoisotopic (exact) mass is 609 g/mol. The molecule has 0 fully saturated rings. The van der Waals surface area contributed by atoms with Gasteiger partial charge >= 0.3 is 247 Å². The Labute approximate surface area is 259 Å². The molecule has 1 nitrogen and oxygen atoms in total. The minimum atomic E-state index is -2.40. The van der Waals surface area contributed by atoms with Gasteiger partial charge < -0.3 is 0 Å². The number of benzene rings is 1. The van der Waals surface area contributed by atoms with Crippen LogP contribution in [0.25, 0.3) is 0 Å². The van der Waals surface area contributed by atoms with E-state index in [2.05, 4.69) is 58.0 Å². The van der Waals surface area contributed by atoms with Crippen molar-refractivity contribution in [2.24, 2.45) is 0 Å². The van der Waals surface area contributed by atoms with Crippen LogP contribution in [0.15, 0.2) is 30.3 Å². The van der Waals surface area contributed by atoms with E-state index in [0.717, 1.165) is 0 Å². The molecule has 0 saturated heterocycles. The fraction of sp³-hybridized carbons (Fsp3) is 0.842. The summed E-state index contributed by atoms with van der Waals surface area (Å²) in [7, 11) is -1.82. The number of unbranched alkanes of at least 4 members (excludes halogenated alkanes) is 20. The van der Waals surface area contributed by atoms with Crippen molar-refractivity contribution in [2.45, 2.75) is 182 Å². The van der Waals surface area contributed by atoms with Gasteiger partial charge in [-0.1, -0.05) is 13.3 Å². The third kappa shape index (κ3) is 16.0. The molecule has 0 aliphatic carbocycles. The molecule has 0 spiro atoms. The van der Waals surface area contributed by atoms with Gasteiger partial charge in [-0.05, 0) is 0 Å². The van der Waals surface area contributed by atoms with Crippen molar-refractivity contribution in [1.82, 2.24) is 0 Å². The maximum absolute atomic E-state index is 15.2. The van der Waals surface area contributed by atoms with Crippen LogP contribution < -0.4 is 5.30 Å². The summed E-state index contributed by atoms with van der Waals surface area (Å²) in [5.74, 6) is 0. The van der Waals surface area contributed by atoms with Gasteiger partial charge in [0.15, 0.2) is 0 Å². The first-order valence-electron chi connectivity index (χ1n) is 18.7. The first-order chi connectivity index (χ1) is 20.1. The van der Waals surface area contributed by atoms with E-state index in [-0.39, 0.29) is 0 Å². The summed E-state index contributed by atoms with van der Waals surface area (Å²) in [5, 5.41) is 1.22. The van der Waals surface area contributed by atoms with Crippen LogP contribution in [0.5, 0.6) is 0 Å². The first-order valence-corrected chi connectivity index (χ1v) is 23.9. The van der Waals surface area contributed by atoms with Gasteiger partial charge in [-0.25, -0.2) is 0 Å². The Kier molecular flexibility index (Phi) is 23.9. The first kappa shape index (κ1) is 38.9. The molecule has 0 heterocycles. The van der Waals surface area contributed by atoms with E-state index in [1.165, 1.54) is 184 Å². The second kappa shape index (κ2) is 25.2. The molecule has 1 rings (SSSR count). The van der Waals surface area contributed by atoms with Crippen LogP contribution in [0.4, 0.5) is 0 Å². The quantitative estimate of drug-likeness (QED) is 0.0627. The summed E-state index contributed by atoms with van der Waals surface area (Å²) >= 11 is 0. The number of rotatable bonds is 30. The Morgan fingerprint density at radius 3 is 1.00 bits per heavy atom. The fourth-order valence-corrected chi connectivity index (χ4v) is 21.8. The normalized spacial score (nSPS) is 13.7. The SMILES string of the molecule is CCCCCCCCCCCCCCP(CCCCCC)(CCCCCC)(CCCCCC)[PH](=O)c1ccccc1. The van der Waals surface area contributed by atoms with Crippen molar-refractivity contribution in [3.63, 3.8) is 0 Å². The standard InChI is InChI=1S/C38H74OP2/c1-5-9-13-17-18-19-20-21-22-23-24-31-37-41(34-28-14-10-6-2,35-29-15-11-7-3,36-30-16-12-8-4)40(39)38-32-26-25-27-33-38/h25-27,32-33,40H,5-24,28-31,34-37H2,1-4H3. The van der Waals surface area contributed by atoms with Crippen molar-refractivity contribution in [3.8, 4) is 0 Å². The van der Waals surface area contributed by atoms with E-state index in [1.54, 1.807) is 0 Å². The zero-order valence-electron chi connectivity index (χ0n) is 28.5. The van der Waals surface area contributed by atoms with Gasteiger partial charge in [-0.3, -0.25) is 0 Å². The molecule has 1 aromatic carbocycles. The molecule has 0 aromatic heterocycles. The Morgan fingerprint density at radius 2 is 0.683 bits per heavy atom. The van der Waals surface area contributed by atoms with Gasteiger partial charge in [0.05, 0.1) is 0 Å². The number of hydrogen-bond acceptors (Lipinski definition) is 1. The molecule has 1 unspecified atom stereocenters. The molecule has 0 amide bonds. The van der Waals surface area contributed by atoms with Crippen molar-refractivity contribution in [2.75, 3.05) is 24.6 Å². The van der Waals surface area contributed by atoms with E-state index in [4.69, 9.17) is 0 Å². The summed E-state index contributed by atoms with van der Waals surface area (Å²) in [5.41, 5.74) is 0.